The fourth-order valence-electron chi connectivity index (χ4n) is 3.18. The molecule has 4 heteroatoms. The first kappa shape index (κ1) is 15.1. The molecular weight excluding hydrogens is 276 g/mol. The van der Waals surface area contributed by atoms with Crippen LogP contribution in [0.15, 0.2) is 34.7 Å². The Morgan fingerprint density at radius 1 is 1.41 bits per heavy atom. The van der Waals surface area contributed by atoms with Crippen LogP contribution in [-0.4, -0.2) is 37.0 Å². The summed E-state index contributed by atoms with van der Waals surface area (Å²) in [4.78, 5) is 14.6. The number of carbonyl (C=O) groups excluding carboxylic acids is 1. The molecule has 0 saturated carbocycles. The van der Waals surface area contributed by atoms with Gasteiger partial charge in [0.2, 0.25) is 0 Å². The lowest BCUT2D eigenvalue weighted by atomic mass is 10.0. The van der Waals surface area contributed by atoms with Gasteiger partial charge < -0.3 is 14.6 Å². The largest absolute Gasteiger partial charge is 0.451 e. The number of carbonyl (C=O) groups is 1. The van der Waals surface area contributed by atoms with Crippen molar-refractivity contribution in [2.75, 3.05) is 26.2 Å². The zero-order valence-electron chi connectivity index (χ0n) is 13.2. The monoisotopic (exact) mass is 300 g/mol. The van der Waals surface area contributed by atoms with Crippen molar-refractivity contribution >= 4 is 16.9 Å². The molecule has 22 heavy (non-hydrogen) atoms. The zero-order chi connectivity index (χ0) is 15.4. The first-order chi connectivity index (χ1) is 10.7. The summed E-state index contributed by atoms with van der Waals surface area (Å²) in [5, 5.41) is 3.92. The number of amides is 1. The Bertz CT molecular complexity index is 602. The maximum atomic E-state index is 12.1. The molecule has 4 nitrogen and oxygen atoms in total. The lowest BCUT2D eigenvalue weighted by Gasteiger charge is -2.30. The van der Waals surface area contributed by atoms with Crippen LogP contribution in [-0.2, 0) is 0 Å². The maximum Gasteiger partial charge on any atom is 0.287 e. The summed E-state index contributed by atoms with van der Waals surface area (Å²) in [7, 11) is 0. The van der Waals surface area contributed by atoms with E-state index in [0.29, 0.717) is 12.3 Å². The zero-order valence-corrected chi connectivity index (χ0v) is 13.2. The molecule has 2 heterocycles. The third kappa shape index (κ3) is 3.69. The van der Waals surface area contributed by atoms with Gasteiger partial charge >= 0.3 is 0 Å². The molecule has 1 amide bonds. The topological polar surface area (TPSA) is 45.5 Å². The minimum absolute atomic E-state index is 0.122. The average Bonchev–Trinajstić information content (AvgIpc) is 2.95. The Morgan fingerprint density at radius 3 is 3.09 bits per heavy atom. The van der Waals surface area contributed by atoms with E-state index in [1.165, 1.54) is 25.9 Å². The first-order valence-corrected chi connectivity index (χ1v) is 8.21. The van der Waals surface area contributed by atoms with Gasteiger partial charge in [-0.25, -0.2) is 0 Å². The quantitative estimate of drug-likeness (QED) is 0.862. The van der Waals surface area contributed by atoms with Gasteiger partial charge in [-0.3, -0.25) is 4.79 Å². The first-order valence-electron chi connectivity index (χ1n) is 8.21. The van der Waals surface area contributed by atoms with Gasteiger partial charge in [0.15, 0.2) is 5.76 Å². The van der Waals surface area contributed by atoms with E-state index in [4.69, 9.17) is 4.42 Å². The van der Waals surface area contributed by atoms with Crippen LogP contribution in [0.5, 0.6) is 0 Å². The number of nitrogens with one attached hydrogen (secondary N) is 1. The number of benzene rings is 1. The number of hydrogen-bond acceptors (Lipinski definition) is 3. The highest BCUT2D eigenvalue weighted by molar-refractivity contribution is 5.95. The molecule has 0 radical (unpaired) electrons. The minimum atomic E-state index is -0.122. The van der Waals surface area contributed by atoms with Gasteiger partial charge in [-0.15, -0.1) is 0 Å². The summed E-state index contributed by atoms with van der Waals surface area (Å²) < 4.78 is 5.57. The number of likely N-dealkylation sites (tertiary alicyclic amines) is 1. The summed E-state index contributed by atoms with van der Waals surface area (Å²) in [6.45, 7) is 6.46. The SMILES string of the molecule is C[C@@H]1CCCN(CCCNC(=O)c2cc3ccccc3o2)C1. The Balaban J connectivity index is 1.44. The smallest absolute Gasteiger partial charge is 0.287 e. The summed E-state index contributed by atoms with van der Waals surface area (Å²) in [5.74, 6) is 1.08. The van der Waals surface area contributed by atoms with Gasteiger partial charge in [-0.05, 0) is 50.4 Å². The summed E-state index contributed by atoms with van der Waals surface area (Å²) in [6, 6.07) is 9.49. The predicted molar refractivity (Wildman–Crippen MR) is 88.0 cm³/mol. The van der Waals surface area contributed by atoms with Crippen LogP contribution < -0.4 is 5.32 Å². The molecule has 3 rings (SSSR count). The van der Waals surface area contributed by atoms with Crippen molar-refractivity contribution in [1.82, 2.24) is 10.2 Å². The number of hydrogen-bond donors (Lipinski definition) is 1. The van der Waals surface area contributed by atoms with E-state index in [2.05, 4.69) is 17.1 Å². The highest BCUT2D eigenvalue weighted by Crippen LogP contribution is 2.18. The van der Waals surface area contributed by atoms with E-state index in [9.17, 15) is 4.79 Å². The molecule has 118 valence electrons. The molecule has 1 fully saturated rings. The lowest BCUT2D eigenvalue weighted by Crippen LogP contribution is -2.36. The number of para-hydroxylation sites is 1. The number of rotatable bonds is 5. The molecule has 0 spiro atoms. The van der Waals surface area contributed by atoms with Crippen molar-refractivity contribution in [1.29, 1.82) is 0 Å². The van der Waals surface area contributed by atoms with Crippen LogP contribution in [0.3, 0.4) is 0 Å². The van der Waals surface area contributed by atoms with Crippen LogP contribution in [0.4, 0.5) is 0 Å². The molecular formula is C18H24N2O2. The van der Waals surface area contributed by atoms with Crippen molar-refractivity contribution in [3.05, 3.63) is 36.1 Å². The van der Waals surface area contributed by atoms with Gasteiger partial charge in [0.1, 0.15) is 5.58 Å². The van der Waals surface area contributed by atoms with E-state index >= 15 is 0 Å². The van der Waals surface area contributed by atoms with Gasteiger partial charge in [0.05, 0.1) is 0 Å². The Kier molecular flexibility index (Phi) is 4.78. The van der Waals surface area contributed by atoms with Gasteiger partial charge in [-0.2, -0.15) is 0 Å². The molecule has 1 aromatic heterocycles. The molecule has 0 unspecified atom stereocenters. The van der Waals surface area contributed by atoms with Crippen LogP contribution in [0.1, 0.15) is 36.7 Å². The standard InChI is InChI=1S/C18H24N2O2/c1-14-6-4-10-20(13-14)11-5-9-19-18(21)17-12-15-7-2-3-8-16(15)22-17/h2-3,7-8,12,14H,4-6,9-11,13H2,1H3,(H,19,21)/t14-/m1/s1. The molecule has 1 atom stereocenters. The Labute approximate surface area is 131 Å². The molecule has 2 aromatic rings. The normalized spacial score (nSPS) is 19.4. The number of furan rings is 1. The summed E-state index contributed by atoms with van der Waals surface area (Å²) >= 11 is 0. The fraction of sp³-hybridized carbons (Fsp3) is 0.500. The highest BCUT2D eigenvalue weighted by Gasteiger charge is 2.16. The minimum Gasteiger partial charge on any atom is -0.451 e. The molecule has 1 aliphatic heterocycles. The number of piperidine rings is 1. The second-order valence-electron chi connectivity index (χ2n) is 6.31. The lowest BCUT2D eigenvalue weighted by molar-refractivity contribution is 0.0924. The molecule has 1 aromatic carbocycles. The van der Waals surface area contributed by atoms with Gasteiger partial charge in [0, 0.05) is 18.5 Å². The van der Waals surface area contributed by atoms with Crippen LogP contribution in [0.25, 0.3) is 11.0 Å². The van der Waals surface area contributed by atoms with Gasteiger partial charge in [-0.1, -0.05) is 25.1 Å². The van der Waals surface area contributed by atoms with Crippen LogP contribution in [0, 0.1) is 5.92 Å². The van der Waals surface area contributed by atoms with E-state index < -0.39 is 0 Å². The van der Waals surface area contributed by atoms with Crippen LogP contribution >= 0.6 is 0 Å². The second kappa shape index (κ2) is 6.97. The molecule has 1 aliphatic rings. The number of nitrogens with zero attached hydrogens (tertiary/aromatic N) is 1. The summed E-state index contributed by atoms with van der Waals surface area (Å²) in [6.07, 6.45) is 3.63. The molecule has 0 aliphatic carbocycles. The molecule has 1 saturated heterocycles. The average molecular weight is 300 g/mol. The third-order valence-corrected chi connectivity index (χ3v) is 4.33. The van der Waals surface area contributed by atoms with Crippen molar-refractivity contribution in [2.45, 2.75) is 26.2 Å². The van der Waals surface area contributed by atoms with Crippen molar-refractivity contribution in [3.63, 3.8) is 0 Å². The Hall–Kier alpha value is -1.81. The van der Waals surface area contributed by atoms with Crippen LogP contribution in [0.2, 0.25) is 0 Å². The predicted octanol–water partition coefficient (Wildman–Crippen LogP) is 3.28. The highest BCUT2D eigenvalue weighted by atomic mass is 16.3. The third-order valence-electron chi connectivity index (χ3n) is 4.33. The van der Waals surface area contributed by atoms with E-state index in [1.807, 2.05) is 24.3 Å². The van der Waals surface area contributed by atoms with E-state index in [0.717, 1.165) is 29.9 Å². The van der Waals surface area contributed by atoms with E-state index in [1.54, 1.807) is 6.07 Å². The summed E-state index contributed by atoms with van der Waals surface area (Å²) in [5.41, 5.74) is 0.759. The van der Waals surface area contributed by atoms with E-state index in [-0.39, 0.29) is 5.91 Å². The fourth-order valence-corrected chi connectivity index (χ4v) is 3.18. The van der Waals surface area contributed by atoms with Gasteiger partial charge in [0.25, 0.3) is 5.91 Å². The molecule has 1 N–H and O–H groups in total. The van der Waals surface area contributed by atoms with Crippen molar-refractivity contribution < 1.29 is 9.21 Å². The maximum absolute atomic E-state index is 12.1. The second-order valence-corrected chi connectivity index (χ2v) is 6.31. The number of fused-ring (bicyclic) bond motifs is 1. The Morgan fingerprint density at radius 2 is 2.27 bits per heavy atom. The molecule has 0 bridgehead atoms. The van der Waals surface area contributed by atoms with Crippen molar-refractivity contribution in [2.24, 2.45) is 5.92 Å². The van der Waals surface area contributed by atoms with Crippen molar-refractivity contribution in [3.8, 4) is 0 Å².